The first-order chi connectivity index (χ1) is 7.45. The number of nitrogens with one attached hydrogen (secondary N) is 1. The number of carboxylic acids is 1. The molecular formula is C9H14N2O4S. The van der Waals surface area contributed by atoms with E-state index in [0.29, 0.717) is 0 Å². The molecular weight excluding hydrogens is 232 g/mol. The number of carbonyl (C=O) groups excluding carboxylic acids is 1. The second-order valence-corrected chi connectivity index (χ2v) is 5.24. The summed E-state index contributed by atoms with van der Waals surface area (Å²) in [5.74, 6) is -1.40. The zero-order valence-electron chi connectivity index (χ0n) is 9.10. The molecule has 0 fully saturated rings. The number of carboxylic acid groups (broad SMARTS) is 1. The molecule has 0 saturated heterocycles. The molecule has 1 aliphatic rings. The summed E-state index contributed by atoms with van der Waals surface area (Å²) in [4.78, 5) is 24.1. The molecule has 0 radical (unpaired) electrons. The number of esters is 1. The Morgan fingerprint density at radius 1 is 1.69 bits per heavy atom. The Kier molecular flexibility index (Phi) is 4.05. The van der Waals surface area contributed by atoms with Gasteiger partial charge in [-0.15, -0.1) is 0 Å². The molecule has 16 heavy (non-hydrogen) atoms. The molecule has 1 heterocycles. The third kappa shape index (κ3) is 2.82. The van der Waals surface area contributed by atoms with Crippen LogP contribution in [0.5, 0.6) is 0 Å². The second-order valence-electron chi connectivity index (χ2n) is 3.38. The van der Waals surface area contributed by atoms with Crippen LogP contribution in [0.4, 0.5) is 0 Å². The Morgan fingerprint density at radius 3 is 2.81 bits per heavy atom. The van der Waals surface area contributed by atoms with Gasteiger partial charge in [-0.1, -0.05) is 10.7 Å². The van der Waals surface area contributed by atoms with Gasteiger partial charge in [-0.25, -0.2) is 0 Å². The molecule has 0 aliphatic carbocycles. The molecule has 2 unspecified atom stereocenters. The van der Waals surface area contributed by atoms with Gasteiger partial charge < -0.3 is 14.7 Å². The van der Waals surface area contributed by atoms with Crippen molar-refractivity contribution in [3.8, 4) is 0 Å². The topological polar surface area (TPSA) is 90.7 Å². The van der Waals surface area contributed by atoms with E-state index in [4.69, 9.17) is 9.89 Å². The zero-order valence-corrected chi connectivity index (χ0v) is 9.91. The maximum atomic E-state index is 11.2. The Bertz CT molecular complexity index is 367. The fourth-order valence-corrected chi connectivity index (χ4v) is 2.84. The minimum absolute atomic E-state index is 0.0459. The summed E-state index contributed by atoms with van der Waals surface area (Å²) in [6, 6.07) is 0. The number of ether oxygens (including phenoxy) is 1. The summed E-state index contributed by atoms with van der Waals surface area (Å²) < 4.78 is 12.4. The van der Waals surface area contributed by atoms with Crippen LogP contribution >= 0.6 is 0 Å². The van der Waals surface area contributed by atoms with E-state index in [-0.39, 0.29) is 13.0 Å². The van der Waals surface area contributed by atoms with Crippen LogP contribution in [0.2, 0.25) is 0 Å². The lowest BCUT2D eigenvalue weighted by Crippen LogP contribution is -2.35. The molecule has 1 rings (SSSR count). The standard InChI is InChI=1S/C9H14N2O4S/c1-6-4-11(5-8(12)13)7(16(6)10)3-9(14)15-2/h4,7,10H,3,5H2,1-2H3,(H,12,13). The van der Waals surface area contributed by atoms with Gasteiger partial charge in [0.05, 0.1) is 13.5 Å². The number of hydrogen-bond acceptors (Lipinski definition) is 5. The fourth-order valence-electron chi connectivity index (χ4n) is 1.45. The van der Waals surface area contributed by atoms with Gasteiger partial charge in [0.25, 0.3) is 0 Å². The monoisotopic (exact) mass is 246 g/mol. The van der Waals surface area contributed by atoms with Gasteiger partial charge in [0.2, 0.25) is 0 Å². The Labute approximate surface area is 95.8 Å². The maximum Gasteiger partial charge on any atom is 0.323 e. The molecule has 2 N–H and O–H groups in total. The van der Waals surface area contributed by atoms with E-state index in [1.165, 1.54) is 12.0 Å². The first-order valence-electron chi connectivity index (χ1n) is 4.62. The molecule has 90 valence electrons. The largest absolute Gasteiger partial charge is 0.480 e. The number of allylic oxidation sites excluding steroid dienone is 1. The van der Waals surface area contributed by atoms with Crippen molar-refractivity contribution in [1.82, 2.24) is 4.90 Å². The lowest BCUT2D eigenvalue weighted by Gasteiger charge is -2.22. The summed E-state index contributed by atoms with van der Waals surface area (Å²) in [7, 11) is 0.428. The van der Waals surface area contributed by atoms with Crippen LogP contribution in [0.3, 0.4) is 0 Å². The Balaban J connectivity index is 2.76. The summed E-state index contributed by atoms with van der Waals surface area (Å²) >= 11 is 0. The van der Waals surface area contributed by atoms with Crippen LogP contribution in [0.1, 0.15) is 13.3 Å². The quantitative estimate of drug-likeness (QED) is 0.706. The minimum atomic E-state index is -0.974. The highest BCUT2D eigenvalue weighted by Crippen LogP contribution is 2.24. The molecule has 7 heteroatoms. The third-order valence-electron chi connectivity index (χ3n) is 2.22. The SMILES string of the molecule is COC(=O)CC1N(CC(=O)O)C=C(C)S1=N. The van der Waals surface area contributed by atoms with E-state index in [2.05, 4.69) is 4.74 Å². The maximum absolute atomic E-state index is 11.2. The van der Waals surface area contributed by atoms with E-state index in [0.717, 1.165) is 4.91 Å². The van der Waals surface area contributed by atoms with Crippen molar-refractivity contribution in [3.05, 3.63) is 11.1 Å². The number of methoxy groups -OCH3 is 1. The highest BCUT2D eigenvalue weighted by atomic mass is 32.2. The lowest BCUT2D eigenvalue weighted by atomic mass is 10.4. The average Bonchev–Trinajstić information content (AvgIpc) is 2.45. The summed E-state index contributed by atoms with van der Waals surface area (Å²) in [6.07, 6.45) is 1.68. The van der Waals surface area contributed by atoms with E-state index < -0.39 is 28.0 Å². The van der Waals surface area contributed by atoms with Crippen molar-refractivity contribution >= 4 is 22.6 Å². The van der Waals surface area contributed by atoms with Crippen LogP contribution < -0.4 is 0 Å². The van der Waals surface area contributed by atoms with Gasteiger partial charge in [-0.05, 0) is 6.92 Å². The molecule has 1 aliphatic heterocycles. The molecule has 0 bridgehead atoms. The number of hydrogen-bond donors (Lipinski definition) is 2. The van der Waals surface area contributed by atoms with E-state index >= 15 is 0 Å². The van der Waals surface area contributed by atoms with Crippen molar-refractivity contribution in [1.29, 1.82) is 4.78 Å². The molecule has 6 nitrogen and oxygen atoms in total. The van der Waals surface area contributed by atoms with Gasteiger partial charge in [0, 0.05) is 11.1 Å². The van der Waals surface area contributed by atoms with Crippen molar-refractivity contribution in [3.63, 3.8) is 0 Å². The number of rotatable bonds is 4. The highest BCUT2D eigenvalue weighted by Gasteiger charge is 2.30. The second kappa shape index (κ2) is 5.11. The van der Waals surface area contributed by atoms with E-state index in [1.807, 2.05) is 0 Å². The normalized spacial score (nSPS) is 24.1. The third-order valence-corrected chi connectivity index (χ3v) is 4.00. The van der Waals surface area contributed by atoms with Crippen molar-refractivity contribution in [2.75, 3.05) is 13.7 Å². The molecule has 0 aromatic carbocycles. The molecule has 0 spiro atoms. The molecule has 2 atom stereocenters. The van der Waals surface area contributed by atoms with Crippen LogP contribution in [0.15, 0.2) is 11.1 Å². The predicted octanol–water partition coefficient (Wildman–Crippen LogP) is 0.518. The van der Waals surface area contributed by atoms with Crippen LogP contribution in [-0.4, -0.2) is 41.0 Å². The van der Waals surface area contributed by atoms with Gasteiger partial charge in [0.15, 0.2) is 0 Å². The summed E-state index contributed by atoms with van der Waals surface area (Å²) in [6.45, 7) is 1.57. The van der Waals surface area contributed by atoms with Crippen molar-refractivity contribution in [2.24, 2.45) is 0 Å². The van der Waals surface area contributed by atoms with Crippen LogP contribution in [-0.2, 0) is 25.0 Å². The summed E-state index contributed by atoms with van der Waals surface area (Å²) in [5, 5.41) is 8.30. The van der Waals surface area contributed by atoms with Gasteiger partial charge in [-0.3, -0.25) is 14.4 Å². The van der Waals surface area contributed by atoms with Crippen molar-refractivity contribution in [2.45, 2.75) is 18.7 Å². The first kappa shape index (κ1) is 12.7. The number of carbonyl (C=O) groups is 2. The van der Waals surface area contributed by atoms with E-state index in [1.54, 1.807) is 13.1 Å². The van der Waals surface area contributed by atoms with Crippen molar-refractivity contribution < 1.29 is 19.4 Å². The van der Waals surface area contributed by atoms with Crippen LogP contribution in [0, 0.1) is 4.78 Å². The molecule has 0 amide bonds. The average molecular weight is 246 g/mol. The molecule has 0 aromatic heterocycles. The lowest BCUT2D eigenvalue weighted by molar-refractivity contribution is -0.142. The molecule has 0 aromatic rings. The molecule has 0 saturated carbocycles. The van der Waals surface area contributed by atoms with E-state index in [9.17, 15) is 9.59 Å². The Morgan fingerprint density at radius 2 is 2.31 bits per heavy atom. The first-order valence-corrected chi connectivity index (χ1v) is 5.91. The van der Waals surface area contributed by atoms with Crippen LogP contribution in [0.25, 0.3) is 0 Å². The number of nitrogens with zero attached hydrogens (tertiary/aromatic N) is 1. The van der Waals surface area contributed by atoms with Gasteiger partial charge in [-0.2, -0.15) is 0 Å². The Hall–Kier alpha value is -1.37. The number of aliphatic carboxylic acids is 1. The van der Waals surface area contributed by atoms with Gasteiger partial charge in [0.1, 0.15) is 11.9 Å². The zero-order chi connectivity index (χ0) is 12.3. The van der Waals surface area contributed by atoms with Gasteiger partial charge >= 0.3 is 11.9 Å². The summed E-state index contributed by atoms with van der Waals surface area (Å²) in [5.41, 5.74) is 0. The fraction of sp³-hybridized carbons (Fsp3) is 0.556. The highest BCUT2D eigenvalue weighted by molar-refractivity contribution is 7.90. The minimum Gasteiger partial charge on any atom is -0.480 e. The predicted molar refractivity (Wildman–Crippen MR) is 58.6 cm³/mol. The smallest absolute Gasteiger partial charge is 0.323 e.